The molecule has 0 saturated carbocycles. The zero-order valence-corrected chi connectivity index (χ0v) is 13.4. The summed E-state index contributed by atoms with van der Waals surface area (Å²) in [6.45, 7) is 0. The maximum absolute atomic E-state index is 0. The quantitative estimate of drug-likeness (QED) is 0.338. The van der Waals surface area contributed by atoms with E-state index in [0.29, 0.717) is 0 Å². The Morgan fingerprint density at radius 1 is 1.00 bits per heavy atom. The first-order chi connectivity index (χ1) is 0. The van der Waals surface area contributed by atoms with E-state index in [1.54, 1.807) is 0 Å². The van der Waals surface area contributed by atoms with Crippen molar-refractivity contribution in [3.63, 3.8) is 0 Å². The van der Waals surface area contributed by atoms with Crippen LogP contribution in [0.3, 0.4) is 0 Å². The topological polar surface area (TPSA) is 0 Å². The van der Waals surface area contributed by atoms with Crippen LogP contribution >= 0.6 is 0 Å². The molecule has 0 aromatic rings. The van der Waals surface area contributed by atoms with Crippen molar-refractivity contribution in [3.05, 3.63) is 0 Å². The minimum absolute atomic E-state index is 0. The van der Waals surface area contributed by atoms with Crippen molar-refractivity contribution in [1.29, 1.82) is 0 Å². The van der Waals surface area contributed by atoms with Gasteiger partial charge >= 0.3 is 0 Å². The van der Waals surface area contributed by atoms with Crippen LogP contribution in [-0.4, -0.2) is 0 Å². The molecule has 0 saturated heterocycles. The summed E-state index contributed by atoms with van der Waals surface area (Å²) in [6, 6.07) is 0. The third-order valence-electron chi connectivity index (χ3n) is 0. The fourth-order valence-corrected chi connectivity index (χ4v) is 0. The van der Waals surface area contributed by atoms with Crippen LogP contribution in [0.4, 0.5) is 0 Å². The molecule has 5 heavy (non-hydrogen) atoms. The molecule has 0 nitrogen and oxygen atoms in total. The monoisotopic (exact) mass is 614 g/mol. The zero-order valence-electron chi connectivity index (χ0n) is 2.03. The molecule has 0 heterocycles. The van der Waals surface area contributed by atoms with Crippen molar-refractivity contribution in [2.45, 2.75) is 0 Å². The second-order valence-electron chi connectivity index (χ2n) is 0. The average Bonchev–Trinajstić information content (AvgIpc) is 0. The van der Waals surface area contributed by atoms with Crippen molar-refractivity contribution >= 4 is 0 Å². The summed E-state index contributed by atoms with van der Waals surface area (Å²) in [4.78, 5) is 0. The van der Waals surface area contributed by atoms with Gasteiger partial charge in [0.25, 0.3) is 0 Å². The normalized spacial score (nSPS) is 0. The number of rotatable bonds is 0. The molecule has 0 fully saturated rings. The Labute approximate surface area is 101 Å². The molecular formula is MoNbNiTaW. The molecule has 0 N–H and O–H groups in total. The smallest absolute Gasteiger partial charge is 0 e. The van der Waals surface area contributed by atoms with Gasteiger partial charge in [-0.3, -0.25) is 0 Å². The molecule has 0 bridgehead atoms. The van der Waals surface area contributed by atoms with E-state index in [2.05, 4.69) is 0 Å². The number of hydrogen-bond acceptors (Lipinski definition) is 0. The van der Waals surface area contributed by atoms with Gasteiger partial charge in [-0.05, 0) is 0 Å². The van der Waals surface area contributed by atoms with Gasteiger partial charge in [0.15, 0.2) is 0 Å². The van der Waals surface area contributed by atoms with Gasteiger partial charge in [0.05, 0.1) is 0 Å². The van der Waals surface area contributed by atoms with Gasteiger partial charge in [0.1, 0.15) is 0 Å². The first-order valence-corrected chi connectivity index (χ1v) is 0. The van der Waals surface area contributed by atoms with E-state index in [9.17, 15) is 0 Å². The van der Waals surface area contributed by atoms with Crippen molar-refractivity contribution in [2.75, 3.05) is 0 Å². The predicted octanol–water partition coefficient (Wildman–Crippen LogP) is -0.0125. The van der Waals surface area contributed by atoms with Crippen molar-refractivity contribution in [3.8, 4) is 0 Å². The molecule has 0 atom stereocenters. The molecule has 0 aromatic carbocycles. The van der Waals surface area contributed by atoms with Gasteiger partial charge < -0.3 is 0 Å². The van der Waals surface area contributed by atoms with E-state index in [0.717, 1.165) is 0 Å². The molecule has 0 aliphatic heterocycles. The molecule has 0 aliphatic rings. The Bertz CT molecular complexity index is 11.6. The fourth-order valence-electron chi connectivity index (χ4n) is 0. The summed E-state index contributed by atoms with van der Waals surface area (Å²) in [5.74, 6) is 0. The average molecular weight is 612 g/mol. The van der Waals surface area contributed by atoms with E-state index in [4.69, 9.17) is 0 Å². The molecule has 0 amide bonds. The summed E-state index contributed by atoms with van der Waals surface area (Å²) in [5.41, 5.74) is 0. The van der Waals surface area contributed by atoms with Crippen LogP contribution in [0.2, 0.25) is 0 Å². The van der Waals surface area contributed by atoms with Crippen LogP contribution in [-0.2, 0) is 103 Å². The van der Waals surface area contributed by atoms with Gasteiger partial charge in [-0.25, -0.2) is 0 Å². The molecule has 5 heteroatoms. The molecule has 2 radical (unpaired) electrons. The van der Waals surface area contributed by atoms with Gasteiger partial charge in [0.2, 0.25) is 0 Å². The van der Waals surface area contributed by atoms with E-state index in [1.807, 2.05) is 0 Å². The minimum atomic E-state index is 0. The largest absolute Gasteiger partial charge is 0 e. The summed E-state index contributed by atoms with van der Waals surface area (Å²) in [7, 11) is 0. The van der Waals surface area contributed by atoms with E-state index in [-0.39, 0.29) is 103 Å². The van der Waals surface area contributed by atoms with Crippen LogP contribution < -0.4 is 0 Å². The fraction of sp³-hybridized carbons (Fsp3) is 0. The standard InChI is InChI=1S/Mo.Nb.Ni.Ta.W. The van der Waals surface area contributed by atoms with Crippen molar-refractivity contribution in [1.82, 2.24) is 0 Å². The second-order valence-corrected chi connectivity index (χ2v) is 0. The van der Waals surface area contributed by atoms with Gasteiger partial charge in [-0.2, -0.15) is 0 Å². The summed E-state index contributed by atoms with van der Waals surface area (Å²) < 4.78 is 0. The Balaban J connectivity index is 0. The molecule has 0 aromatic heterocycles. The Morgan fingerprint density at radius 3 is 1.00 bits per heavy atom. The van der Waals surface area contributed by atoms with Crippen LogP contribution in [0.5, 0.6) is 0 Å². The van der Waals surface area contributed by atoms with Gasteiger partial charge in [-0.1, -0.05) is 0 Å². The maximum Gasteiger partial charge on any atom is 0 e. The summed E-state index contributed by atoms with van der Waals surface area (Å²) in [5, 5.41) is 0. The first-order valence-electron chi connectivity index (χ1n) is 0. The molecule has 0 spiro atoms. The van der Waals surface area contributed by atoms with Crippen LogP contribution in [0.25, 0.3) is 0 Å². The first kappa shape index (κ1) is 40.2. The molecule has 32 valence electrons. The summed E-state index contributed by atoms with van der Waals surface area (Å²) >= 11 is 0. The minimum Gasteiger partial charge on any atom is 0 e. The Hall–Kier alpha value is 3.35. The van der Waals surface area contributed by atoms with Crippen molar-refractivity contribution in [2.24, 2.45) is 0 Å². The zero-order chi connectivity index (χ0) is 0. The van der Waals surface area contributed by atoms with Crippen molar-refractivity contribution < 1.29 is 103 Å². The molecular weight excluding hydrogens is 612 g/mol. The number of hydrogen-bond donors (Lipinski definition) is 0. The van der Waals surface area contributed by atoms with E-state index in [1.165, 1.54) is 0 Å². The van der Waals surface area contributed by atoms with Crippen LogP contribution in [0.15, 0.2) is 0 Å². The molecule has 0 unspecified atom stereocenters. The van der Waals surface area contributed by atoms with E-state index < -0.39 is 0 Å². The van der Waals surface area contributed by atoms with Crippen LogP contribution in [0, 0.1) is 0 Å². The SMILES string of the molecule is [Mo].[Nb].[Ni].[Ta].[W]. The third kappa shape index (κ3) is 18.7. The Morgan fingerprint density at radius 2 is 1.00 bits per heavy atom. The predicted molar refractivity (Wildman–Crippen MR) is 0 cm³/mol. The van der Waals surface area contributed by atoms with E-state index >= 15 is 0 Å². The van der Waals surface area contributed by atoms with Gasteiger partial charge in [0, 0.05) is 103 Å². The van der Waals surface area contributed by atoms with Gasteiger partial charge in [-0.15, -0.1) is 0 Å². The second kappa shape index (κ2) is 26.4. The molecule has 0 aliphatic carbocycles. The third-order valence-corrected chi connectivity index (χ3v) is 0. The molecule has 0 rings (SSSR count). The Kier molecular flexibility index (Phi) is 212. The summed E-state index contributed by atoms with van der Waals surface area (Å²) in [6.07, 6.45) is 0. The van der Waals surface area contributed by atoms with Crippen LogP contribution in [0.1, 0.15) is 0 Å². The maximum atomic E-state index is 0.